The van der Waals surface area contributed by atoms with E-state index in [9.17, 15) is 4.79 Å². The largest absolute Gasteiger partial charge is 0.380 e. The first-order chi connectivity index (χ1) is 8.29. The SMILES string of the molecule is CO[C@@H]1CCN(CCC(=O)N2CCNCC2)C1. The standard InChI is InChI=1S/C12H23N3O2/c1-17-11-2-6-14(10-11)7-3-12(16)15-8-4-13-5-9-15/h11,13H,2-10H2,1H3/t11-/m1/s1. The molecule has 0 aliphatic carbocycles. The van der Waals surface area contributed by atoms with Crippen LogP contribution < -0.4 is 5.32 Å². The van der Waals surface area contributed by atoms with Gasteiger partial charge in [0.05, 0.1) is 6.10 Å². The molecular formula is C12H23N3O2. The Morgan fingerprint density at radius 1 is 1.35 bits per heavy atom. The maximum absolute atomic E-state index is 11.9. The molecule has 0 unspecified atom stereocenters. The third-order valence-electron chi connectivity index (χ3n) is 3.67. The van der Waals surface area contributed by atoms with Crippen molar-refractivity contribution in [3.8, 4) is 0 Å². The predicted molar refractivity (Wildman–Crippen MR) is 65.9 cm³/mol. The van der Waals surface area contributed by atoms with Gasteiger partial charge in [0.15, 0.2) is 0 Å². The molecule has 2 aliphatic rings. The van der Waals surface area contributed by atoms with Gasteiger partial charge in [-0.3, -0.25) is 4.79 Å². The lowest BCUT2D eigenvalue weighted by Crippen LogP contribution is -2.47. The van der Waals surface area contributed by atoms with Crippen molar-refractivity contribution < 1.29 is 9.53 Å². The van der Waals surface area contributed by atoms with E-state index in [2.05, 4.69) is 10.2 Å². The van der Waals surface area contributed by atoms with Gasteiger partial charge in [0.25, 0.3) is 0 Å². The summed E-state index contributed by atoms with van der Waals surface area (Å²) in [5.74, 6) is 0.298. The van der Waals surface area contributed by atoms with Gasteiger partial charge in [-0.1, -0.05) is 0 Å². The molecule has 0 spiro atoms. The number of methoxy groups -OCH3 is 1. The smallest absolute Gasteiger partial charge is 0.223 e. The number of likely N-dealkylation sites (tertiary alicyclic amines) is 1. The van der Waals surface area contributed by atoms with Gasteiger partial charge in [-0.05, 0) is 6.42 Å². The van der Waals surface area contributed by atoms with Crippen LogP contribution in [-0.2, 0) is 9.53 Å². The molecule has 2 aliphatic heterocycles. The Balaban J connectivity index is 1.65. The van der Waals surface area contributed by atoms with Crippen LogP contribution in [0.3, 0.4) is 0 Å². The number of hydrogen-bond acceptors (Lipinski definition) is 4. The maximum Gasteiger partial charge on any atom is 0.223 e. The number of carbonyl (C=O) groups is 1. The second kappa shape index (κ2) is 6.33. The maximum atomic E-state index is 11.9. The zero-order chi connectivity index (χ0) is 12.1. The molecule has 2 fully saturated rings. The van der Waals surface area contributed by atoms with Crippen molar-refractivity contribution in [2.75, 3.05) is 52.9 Å². The van der Waals surface area contributed by atoms with Crippen LogP contribution in [0.1, 0.15) is 12.8 Å². The molecule has 2 heterocycles. The van der Waals surface area contributed by atoms with E-state index >= 15 is 0 Å². The Morgan fingerprint density at radius 2 is 2.12 bits per heavy atom. The highest BCUT2D eigenvalue weighted by molar-refractivity contribution is 5.76. The summed E-state index contributed by atoms with van der Waals surface area (Å²) in [6.07, 6.45) is 2.11. The summed E-state index contributed by atoms with van der Waals surface area (Å²) >= 11 is 0. The van der Waals surface area contributed by atoms with E-state index in [0.29, 0.717) is 18.4 Å². The number of rotatable bonds is 4. The van der Waals surface area contributed by atoms with Crippen molar-refractivity contribution in [1.82, 2.24) is 15.1 Å². The van der Waals surface area contributed by atoms with E-state index in [1.54, 1.807) is 7.11 Å². The summed E-state index contributed by atoms with van der Waals surface area (Å²) in [5, 5.41) is 3.26. The second-order valence-corrected chi connectivity index (χ2v) is 4.83. The van der Waals surface area contributed by atoms with Crippen LogP contribution in [0.4, 0.5) is 0 Å². The third-order valence-corrected chi connectivity index (χ3v) is 3.67. The molecule has 0 bridgehead atoms. The van der Waals surface area contributed by atoms with Gasteiger partial charge in [0.2, 0.25) is 5.91 Å². The van der Waals surface area contributed by atoms with Gasteiger partial charge in [-0.25, -0.2) is 0 Å². The van der Waals surface area contributed by atoms with Crippen LogP contribution in [0.5, 0.6) is 0 Å². The zero-order valence-corrected chi connectivity index (χ0v) is 10.7. The fourth-order valence-corrected chi connectivity index (χ4v) is 2.52. The van der Waals surface area contributed by atoms with Crippen LogP contribution in [-0.4, -0.2) is 74.7 Å². The average Bonchev–Trinajstić information content (AvgIpc) is 2.85. The first-order valence-corrected chi connectivity index (χ1v) is 6.53. The molecule has 0 aromatic heterocycles. The quantitative estimate of drug-likeness (QED) is 0.723. The monoisotopic (exact) mass is 241 g/mol. The Morgan fingerprint density at radius 3 is 2.76 bits per heavy atom. The van der Waals surface area contributed by atoms with Gasteiger partial charge in [0, 0.05) is 59.3 Å². The number of amides is 1. The third kappa shape index (κ3) is 3.66. The number of nitrogens with zero attached hydrogens (tertiary/aromatic N) is 2. The Labute approximate surface area is 103 Å². The lowest BCUT2D eigenvalue weighted by molar-refractivity contribution is -0.132. The topological polar surface area (TPSA) is 44.8 Å². The highest BCUT2D eigenvalue weighted by Crippen LogP contribution is 2.12. The van der Waals surface area contributed by atoms with Crippen molar-refractivity contribution in [2.24, 2.45) is 0 Å². The molecule has 0 saturated carbocycles. The highest BCUT2D eigenvalue weighted by Gasteiger charge is 2.23. The minimum Gasteiger partial charge on any atom is -0.380 e. The molecule has 5 heteroatoms. The van der Waals surface area contributed by atoms with Gasteiger partial charge in [-0.2, -0.15) is 0 Å². The van der Waals surface area contributed by atoms with Crippen molar-refractivity contribution in [3.63, 3.8) is 0 Å². The lowest BCUT2D eigenvalue weighted by Gasteiger charge is -2.28. The molecule has 0 aromatic rings. The van der Waals surface area contributed by atoms with Crippen LogP contribution in [0.2, 0.25) is 0 Å². The van der Waals surface area contributed by atoms with E-state index < -0.39 is 0 Å². The molecule has 0 radical (unpaired) electrons. The number of ether oxygens (including phenoxy) is 1. The zero-order valence-electron chi connectivity index (χ0n) is 10.7. The summed E-state index contributed by atoms with van der Waals surface area (Å²) in [5.41, 5.74) is 0. The minimum atomic E-state index is 0.298. The highest BCUT2D eigenvalue weighted by atomic mass is 16.5. The normalized spacial score (nSPS) is 26.4. The van der Waals surface area contributed by atoms with E-state index in [0.717, 1.165) is 52.2 Å². The van der Waals surface area contributed by atoms with Crippen LogP contribution >= 0.6 is 0 Å². The number of nitrogens with one attached hydrogen (secondary N) is 1. The molecule has 1 amide bonds. The fourth-order valence-electron chi connectivity index (χ4n) is 2.52. The summed E-state index contributed by atoms with van der Waals surface area (Å²) in [6.45, 7) is 6.50. The first kappa shape index (κ1) is 12.8. The van der Waals surface area contributed by atoms with Crippen LogP contribution in [0.15, 0.2) is 0 Å². The molecule has 2 rings (SSSR count). The first-order valence-electron chi connectivity index (χ1n) is 6.53. The fraction of sp³-hybridized carbons (Fsp3) is 0.917. The van der Waals surface area contributed by atoms with E-state index in [1.165, 1.54) is 0 Å². The number of carbonyl (C=O) groups excluding carboxylic acids is 1. The average molecular weight is 241 g/mol. The van der Waals surface area contributed by atoms with Gasteiger partial charge in [0.1, 0.15) is 0 Å². The summed E-state index contributed by atoms with van der Waals surface area (Å²) in [4.78, 5) is 16.2. The lowest BCUT2D eigenvalue weighted by atomic mass is 10.3. The summed E-state index contributed by atoms with van der Waals surface area (Å²) in [6, 6.07) is 0. The molecule has 2 saturated heterocycles. The van der Waals surface area contributed by atoms with Crippen molar-refractivity contribution >= 4 is 5.91 Å². The van der Waals surface area contributed by atoms with Crippen molar-refractivity contribution in [2.45, 2.75) is 18.9 Å². The van der Waals surface area contributed by atoms with Crippen LogP contribution in [0, 0.1) is 0 Å². The van der Waals surface area contributed by atoms with Gasteiger partial charge >= 0.3 is 0 Å². The van der Waals surface area contributed by atoms with Crippen LogP contribution in [0.25, 0.3) is 0 Å². The van der Waals surface area contributed by atoms with Gasteiger partial charge < -0.3 is 19.9 Å². The summed E-state index contributed by atoms with van der Waals surface area (Å²) < 4.78 is 5.32. The minimum absolute atomic E-state index is 0.298. The summed E-state index contributed by atoms with van der Waals surface area (Å²) in [7, 11) is 1.76. The molecule has 17 heavy (non-hydrogen) atoms. The molecule has 1 atom stereocenters. The molecule has 5 nitrogen and oxygen atoms in total. The van der Waals surface area contributed by atoms with Crippen molar-refractivity contribution in [1.29, 1.82) is 0 Å². The van der Waals surface area contributed by atoms with E-state index in [1.807, 2.05) is 4.90 Å². The van der Waals surface area contributed by atoms with E-state index in [-0.39, 0.29) is 0 Å². The van der Waals surface area contributed by atoms with E-state index in [4.69, 9.17) is 4.74 Å². The Kier molecular flexibility index (Phi) is 4.76. The molecule has 98 valence electrons. The second-order valence-electron chi connectivity index (χ2n) is 4.83. The Bertz CT molecular complexity index is 254. The number of piperazine rings is 1. The molecular weight excluding hydrogens is 218 g/mol. The number of hydrogen-bond donors (Lipinski definition) is 1. The molecule has 1 N–H and O–H groups in total. The van der Waals surface area contributed by atoms with Crippen molar-refractivity contribution in [3.05, 3.63) is 0 Å². The predicted octanol–water partition coefficient (Wildman–Crippen LogP) is -0.471. The van der Waals surface area contributed by atoms with Gasteiger partial charge in [-0.15, -0.1) is 0 Å². The Hall–Kier alpha value is -0.650. The molecule has 0 aromatic carbocycles.